The van der Waals surface area contributed by atoms with Gasteiger partial charge in [0, 0.05) is 13.1 Å². The van der Waals surface area contributed by atoms with Gasteiger partial charge in [0.05, 0.1) is 12.0 Å². The Morgan fingerprint density at radius 3 is 2.95 bits per heavy atom. The lowest BCUT2D eigenvalue weighted by molar-refractivity contribution is 0.147. The second-order valence-corrected chi connectivity index (χ2v) is 5.12. The molecule has 0 aliphatic heterocycles. The van der Waals surface area contributed by atoms with E-state index < -0.39 is 6.10 Å². The second kappa shape index (κ2) is 6.55. The number of hydrogen-bond donors (Lipinski definition) is 2. The van der Waals surface area contributed by atoms with Crippen LogP contribution in [-0.2, 0) is 6.54 Å². The number of nitrogens with zero attached hydrogens (tertiary/aromatic N) is 3. The van der Waals surface area contributed by atoms with Crippen LogP contribution in [0.5, 0.6) is 0 Å². The summed E-state index contributed by atoms with van der Waals surface area (Å²) in [5.74, 6) is 0.574. The van der Waals surface area contributed by atoms with Crippen LogP contribution in [0.15, 0.2) is 53.7 Å². The molecule has 0 aliphatic rings. The molecular weight excluding hydrogens is 280 g/mol. The number of nitrogens with one attached hydrogen (secondary N) is 1. The van der Waals surface area contributed by atoms with Crippen LogP contribution in [0, 0.1) is 6.92 Å². The molecule has 0 unspecified atom stereocenters. The fourth-order valence-corrected chi connectivity index (χ4v) is 2.35. The first kappa shape index (κ1) is 14.5. The van der Waals surface area contributed by atoms with Gasteiger partial charge in [-0.2, -0.15) is 5.10 Å². The van der Waals surface area contributed by atoms with Crippen molar-refractivity contribution in [3.05, 3.63) is 66.1 Å². The zero-order valence-electron chi connectivity index (χ0n) is 12.3. The van der Waals surface area contributed by atoms with Crippen LogP contribution < -0.4 is 5.32 Å². The predicted molar refractivity (Wildman–Crippen MR) is 81.5 cm³/mol. The highest BCUT2D eigenvalue weighted by Crippen LogP contribution is 2.15. The zero-order chi connectivity index (χ0) is 15.4. The van der Waals surface area contributed by atoms with E-state index in [1.165, 1.54) is 6.33 Å². The fraction of sp³-hybridized carbons (Fsp3) is 0.250. The lowest BCUT2D eigenvalue weighted by atomic mass is 10.1. The fourth-order valence-electron chi connectivity index (χ4n) is 2.35. The van der Waals surface area contributed by atoms with Crippen molar-refractivity contribution in [1.29, 1.82) is 0 Å². The average molecular weight is 298 g/mol. The molecule has 2 aromatic heterocycles. The van der Waals surface area contributed by atoms with Gasteiger partial charge in [-0.1, -0.05) is 12.1 Å². The van der Waals surface area contributed by atoms with Crippen molar-refractivity contribution in [2.45, 2.75) is 19.6 Å². The third-order valence-corrected chi connectivity index (χ3v) is 3.47. The Bertz CT molecular complexity index is 708. The van der Waals surface area contributed by atoms with Crippen LogP contribution >= 0.6 is 0 Å². The number of aromatic nitrogens is 3. The molecule has 0 spiro atoms. The summed E-state index contributed by atoms with van der Waals surface area (Å²) in [4.78, 5) is 3.96. The van der Waals surface area contributed by atoms with Crippen molar-refractivity contribution in [2.24, 2.45) is 0 Å². The molecule has 0 amide bonds. The summed E-state index contributed by atoms with van der Waals surface area (Å²) in [6.45, 7) is 3.16. The molecule has 1 aromatic carbocycles. The third-order valence-electron chi connectivity index (χ3n) is 3.47. The molecule has 0 aliphatic carbocycles. The number of furan rings is 1. The lowest BCUT2D eigenvalue weighted by Gasteiger charge is -2.11. The number of aliphatic hydroxyl groups is 1. The van der Waals surface area contributed by atoms with Gasteiger partial charge in [-0.05, 0) is 36.2 Å². The van der Waals surface area contributed by atoms with Gasteiger partial charge >= 0.3 is 0 Å². The first-order valence-electron chi connectivity index (χ1n) is 7.11. The molecule has 6 heteroatoms. The van der Waals surface area contributed by atoms with Crippen molar-refractivity contribution in [3.63, 3.8) is 0 Å². The molecule has 0 saturated heterocycles. The third kappa shape index (κ3) is 3.24. The van der Waals surface area contributed by atoms with Gasteiger partial charge < -0.3 is 14.8 Å². The first-order chi connectivity index (χ1) is 10.7. The minimum atomic E-state index is -0.634. The van der Waals surface area contributed by atoms with Gasteiger partial charge in [-0.3, -0.25) is 0 Å². The maximum atomic E-state index is 9.94. The maximum Gasteiger partial charge on any atom is 0.138 e. The highest BCUT2D eigenvalue weighted by atomic mass is 16.4. The van der Waals surface area contributed by atoms with E-state index in [9.17, 15) is 5.11 Å². The summed E-state index contributed by atoms with van der Waals surface area (Å²) in [7, 11) is 0. The summed E-state index contributed by atoms with van der Waals surface area (Å²) >= 11 is 0. The summed E-state index contributed by atoms with van der Waals surface area (Å²) in [6, 6.07) is 9.69. The topological polar surface area (TPSA) is 76.1 Å². The molecule has 1 atom stereocenters. The lowest BCUT2D eigenvalue weighted by Crippen LogP contribution is -2.20. The van der Waals surface area contributed by atoms with Gasteiger partial charge in [0.25, 0.3) is 0 Å². The van der Waals surface area contributed by atoms with Gasteiger partial charge in [0.1, 0.15) is 24.5 Å². The number of benzene rings is 1. The molecule has 22 heavy (non-hydrogen) atoms. The Morgan fingerprint density at radius 2 is 2.27 bits per heavy atom. The van der Waals surface area contributed by atoms with Crippen LogP contribution in [-0.4, -0.2) is 26.4 Å². The summed E-state index contributed by atoms with van der Waals surface area (Å²) in [5, 5.41) is 17.3. The van der Waals surface area contributed by atoms with Crippen LogP contribution in [0.3, 0.4) is 0 Å². The van der Waals surface area contributed by atoms with Gasteiger partial charge in [0.15, 0.2) is 0 Å². The van der Waals surface area contributed by atoms with E-state index in [0.717, 1.165) is 16.8 Å². The van der Waals surface area contributed by atoms with Crippen LogP contribution in [0.2, 0.25) is 0 Å². The van der Waals surface area contributed by atoms with Crippen molar-refractivity contribution < 1.29 is 9.52 Å². The summed E-state index contributed by atoms with van der Waals surface area (Å²) in [6.07, 6.45) is 4.13. The van der Waals surface area contributed by atoms with Crippen molar-refractivity contribution >= 4 is 0 Å². The molecule has 0 radical (unpaired) electrons. The predicted octanol–water partition coefficient (Wildman–Crippen LogP) is 1.99. The minimum Gasteiger partial charge on any atom is -0.467 e. The monoisotopic (exact) mass is 298 g/mol. The highest BCUT2D eigenvalue weighted by molar-refractivity contribution is 5.41. The van der Waals surface area contributed by atoms with Crippen molar-refractivity contribution in [2.75, 3.05) is 6.54 Å². The number of hydrogen-bond acceptors (Lipinski definition) is 5. The van der Waals surface area contributed by atoms with E-state index in [-0.39, 0.29) is 0 Å². The van der Waals surface area contributed by atoms with Crippen LogP contribution in [0.25, 0.3) is 5.69 Å². The molecule has 3 rings (SSSR count). The van der Waals surface area contributed by atoms with Crippen LogP contribution in [0.4, 0.5) is 0 Å². The van der Waals surface area contributed by atoms with E-state index >= 15 is 0 Å². The largest absolute Gasteiger partial charge is 0.467 e. The average Bonchev–Trinajstić information content (AvgIpc) is 3.21. The Labute approximate surface area is 128 Å². The Hall–Kier alpha value is -2.44. The standard InChI is InChI=1S/C16H18N4O2/c1-12-7-13(4-5-14(12)20-11-18-10-19-20)8-17-9-15(21)16-3-2-6-22-16/h2-7,10-11,15,17,21H,8-9H2,1H3/t15-/m1/s1. The SMILES string of the molecule is Cc1cc(CNC[C@@H](O)c2ccco2)ccc1-n1cncn1. The molecule has 0 fully saturated rings. The minimum absolute atomic E-state index is 0.442. The highest BCUT2D eigenvalue weighted by Gasteiger charge is 2.09. The molecule has 2 heterocycles. The summed E-state index contributed by atoms with van der Waals surface area (Å²) < 4.78 is 6.91. The molecule has 0 bridgehead atoms. The van der Waals surface area contributed by atoms with Gasteiger partial charge in [-0.25, -0.2) is 9.67 Å². The zero-order valence-corrected chi connectivity index (χ0v) is 12.3. The molecule has 2 N–H and O–H groups in total. The Kier molecular flexibility index (Phi) is 4.32. The molecular formula is C16H18N4O2. The normalized spacial score (nSPS) is 12.5. The smallest absolute Gasteiger partial charge is 0.138 e. The first-order valence-corrected chi connectivity index (χ1v) is 7.11. The quantitative estimate of drug-likeness (QED) is 0.728. The number of aliphatic hydroxyl groups excluding tert-OH is 1. The number of aryl methyl sites for hydroxylation is 1. The molecule has 6 nitrogen and oxygen atoms in total. The molecule has 114 valence electrons. The van der Waals surface area contributed by atoms with E-state index in [0.29, 0.717) is 18.8 Å². The van der Waals surface area contributed by atoms with Gasteiger partial charge in [-0.15, -0.1) is 0 Å². The maximum absolute atomic E-state index is 9.94. The number of rotatable bonds is 6. The van der Waals surface area contributed by atoms with Crippen LogP contribution in [0.1, 0.15) is 23.0 Å². The van der Waals surface area contributed by atoms with Crippen molar-refractivity contribution in [1.82, 2.24) is 20.1 Å². The van der Waals surface area contributed by atoms with E-state index in [1.807, 2.05) is 19.1 Å². The molecule has 3 aromatic rings. The van der Waals surface area contributed by atoms with E-state index in [2.05, 4.69) is 21.5 Å². The Balaban J connectivity index is 1.58. The molecule has 0 saturated carbocycles. The van der Waals surface area contributed by atoms with E-state index in [4.69, 9.17) is 4.42 Å². The van der Waals surface area contributed by atoms with Crippen molar-refractivity contribution in [3.8, 4) is 5.69 Å². The van der Waals surface area contributed by atoms with Gasteiger partial charge in [0.2, 0.25) is 0 Å². The van der Waals surface area contributed by atoms with E-state index in [1.54, 1.807) is 29.4 Å². The Morgan fingerprint density at radius 1 is 1.36 bits per heavy atom. The summed E-state index contributed by atoms with van der Waals surface area (Å²) in [5.41, 5.74) is 3.28. The second-order valence-electron chi connectivity index (χ2n) is 5.12.